The van der Waals surface area contributed by atoms with E-state index >= 15 is 0 Å². The summed E-state index contributed by atoms with van der Waals surface area (Å²) in [6, 6.07) is 14.6. The molecule has 4 bridgehead atoms. The Kier molecular flexibility index (Phi) is 11.1. The lowest BCUT2D eigenvalue weighted by Gasteiger charge is -2.59. The van der Waals surface area contributed by atoms with E-state index in [0.29, 0.717) is 24.9 Å². The monoisotopic (exact) mass is 775 g/mol. The Labute approximate surface area is 343 Å². The van der Waals surface area contributed by atoms with Crippen LogP contribution in [-0.2, 0) is 33.3 Å². The quantitative estimate of drug-likeness (QED) is 0.108. The number of hydrogen-bond acceptors (Lipinski definition) is 6. The number of fused-ring (bicyclic) bond motifs is 2. The maximum absolute atomic E-state index is 13.0. The zero-order valence-electron chi connectivity index (χ0n) is 35.0. The summed E-state index contributed by atoms with van der Waals surface area (Å²) in [6.45, 7) is 5.09. The Morgan fingerprint density at radius 3 is 1.44 bits per heavy atom. The van der Waals surface area contributed by atoms with Crippen molar-refractivity contribution in [2.45, 2.75) is 183 Å². The number of piperidine rings is 2. The number of likely N-dealkylation sites (tertiary alicyclic amines) is 2. The van der Waals surface area contributed by atoms with Crippen LogP contribution in [0.3, 0.4) is 0 Å². The number of ether oxygens (including phenoxy) is 2. The number of carbonyl (C=O) groups is 2. The van der Waals surface area contributed by atoms with Crippen LogP contribution in [-0.4, -0.2) is 60.0 Å². The van der Waals surface area contributed by atoms with Crippen LogP contribution in [0.25, 0.3) is 0 Å². The van der Waals surface area contributed by atoms with Crippen molar-refractivity contribution in [3.8, 4) is 11.5 Å². The van der Waals surface area contributed by atoms with E-state index in [4.69, 9.17) is 9.47 Å². The molecule has 10 rings (SSSR count). The van der Waals surface area contributed by atoms with Crippen molar-refractivity contribution in [2.24, 2.45) is 23.7 Å². The molecular formula is C51H70N2O4. The number of unbranched alkanes of at least 4 members (excludes halogenated alkanes) is 4. The Morgan fingerprint density at radius 2 is 1.00 bits per heavy atom. The van der Waals surface area contributed by atoms with E-state index in [1.165, 1.54) is 151 Å². The van der Waals surface area contributed by atoms with Crippen molar-refractivity contribution < 1.29 is 19.1 Å². The highest BCUT2D eigenvalue weighted by Gasteiger charge is 2.55. The van der Waals surface area contributed by atoms with Gasteiger partial charge in [0.25, 0.3) is 0 Å². The van der Waals surface area contributed by atoms with Gasteiger partial charge in [-0.2, -0.15) is 0 Å². The third-order valence-corrected chi connectivity index (χ3v) is 17.5. The number of hydrogen-bond donors (Lipinski definition) is 0. The summed E-state index contributed by atoms with van der Waals surface area (Å²) in [4.78, 5) is 31.8. The molecule has 0 amide bonds. The van der Waals surface area contributed by atoms with E-state index < -0.39 is 0 Å². The number of benzene rings is 2. The second-order valence-corrected chi connectivity index (χ2v) is 20.5. The number of rotatable bonds is 14. The van der Waals surface area contributed by atoms with Gasteiger partial charge in [-0.05, 0) is 173 Å². The predicted molar refractivity (Wildman–Crippen MR) is 226 cm³/mol. The van der Waals surface area contributed by atoms with Crippen LogP contribution in [0.1, 0.15) is 170 Å². The van der Waals surface area contributed by atoms with Gasteiger partial charge >= 0.3 is 11.9 Å². The van der Waals surface area contributed by atoms with Gasteiger partial charge in [0.05, 0.1) is 0 Å². The normalized spacial score (nSPS) is 32.1. The summed E-state index contributed by atoms with van der Waals surface area (Å²) in [7, 11) is 0. The first kappa shape index (κ1) is 38.5. The van der Waals surface area contributed by atoms with Crippen LogP contribution in [0, 0.1) is 23.7 Å². The minimum atomic E-state index is -0.112. The minimum Gasteiger partial charge on any atom is -0.427 e. The molecule has 57 heavy (non-hydrogen) atoms. The lowest BCUT2D eigenvalue weighted by atomic mass is 9.52. The van der Waals surface area contributed by atoms with Crippen LogP contribution >= 0.6 is 0 Å². The molecule has 4 saturated carbocycles. The second kappa shape index (κ2) is 16.4. The van der Waals surface area contributed by atoms with E-state index in [-0.39, 0.29) is 22.8 Å². The summed E-state index contributed by atoms with van der Waals surface area (Å²) in [5.41, 5.74) is 6.58. The summed E-state index contributed by atoms with van der Waals surface area (Å²) in [6.07, 6.45) is 29.6. The molecule has 6 heteroatoms. The van der Waals surface area contributed by atoms with E-state index in [2.05, 4.69) is 46.2 Å². The van der Waals surface area contributed by atoms with Gasteiger partial charge in [0.15, 0.2) is 0 Å². The van der Waals surface area contributed by atoms with E-state index in [9.17, 15) is 9.59 Å². The van der Waals surface area contributed by atoms with E-state index in [1.807, 2.05) is 0 Å². The zero-order chi connectivity index (χ0) is 38.4. The highest BCUT2D eigenvalue weighted by Crippen LogP contribution is 2.58. The molecule has 6 fully saturated rings. The van der Waals surface area contributed by atoms with Gasteiger partial charge in [0, 0.05) is 48.8 Å². The van der Waals surface area contributed by atoms with Gasteiger partial charge in [0.2, 0.25) is 0 Å². The van der Waals surface area contributed by atoms with Crippen molar-refractivity contribution >= 4 is 11.9 Å². The van der Waals surface area contributed by atoms with Gasteiger partial charge in [-0.25, -0.2) is 0 Å². The molecule has 308 valence electrons. The SMILES string of the molecule is O=C(CCCCCCCC(=O)Oc1ccc2c(c1)[C@@]13CCCC[C@H]1[C@H](C2)N(CC1CCC1)CC3)Oc1ccc2c(c1)[C@@]13CCCC[C@H]1[C@H](C2)N(CC1CCC1)CC3. The molecule has 2 aliphatic heterocycles. The molecule has 6 atom stereocenters. The number of carbonyl (C=O) groups excluding carboxylic acids is 2. The number of nitrogens with zero attached hydrogens (tertiary/aromatic N) is 2. The molecule has 0 N–H and O–H groups in total. The predicted octanol–water partition coefficient (Wildman–Crippen LogP) is 10.6. The Bertz CT molecular complexity index is 1650. The first-order valence-corrected chi connectivity index (χ1v) is 24.1. The highest BCUT2D eigenvalue weighted by atomic mass is 16.5. The van der Waals surface area contributed by atoms with Gasteiger partial charge in [-0.3, -0.25) is 19.4 Å². The molecule has 8 aliphatic rings. The van der Waals surface area contributed by atoms with E-state index in [1.54, 1.807) is 0 Å². The van der Waals surface area contributed by atoms with Gasteiger partial charge in [0.1, 0.15) is 11.5 Å². The fourth-order valence-corrected chi connectivity index (χ4v) is 14.2. The van der Waals surface area contributed by atoms with Gasteiger partial charge in [-0.1, -0.05) is 69.9 Å². The molecular weight excluding hydrogens is 705 g/mol. The van der Waals surface area contributed by atoms with Crippen LogP contribution in [0.5, 0.6) is 11.5 Å². The van der Waals surface area contributed by atoms with Crippen molar-refractivity contribution in [2.75, 3.05) is 26.2 Å². The van der Waals surface area contributed by atoms with Crippen molar-refractivity contribution in [1.29, 1.82) is 0 Å². The molecule has 2 aromatic carbocycles. The smallest absolute Gasteiger partial charge is 0.311 e. The van der Waals surface area contributed by atoms with E-state index in [0.717, 1.165) is 80.1 Å². The summed E-state index contributed by atoms with van der Waals surface area (Å²) >= 11 is 0. The van der Waals surface area contributed by atoms with Crippen LogP contribution in [0.4, 0.5) is 0 Å². The standard InChI is InChI=1S/C51H70N2O4/c54-48(56-40-22-20-38-30-46-42-16-6-8-24-50(42,44(38)32-40)26-28-52(46)34-36-12-10-13-36)18-4-2-1-3-5-19-49(55)57-41-23-21-39-31-47-43-17-7-9-25-51(43,45(39)33-41)27-29-53(47)35-37-14-11-15-37/h20-23,32-33,36-37,42-43,46-47H,1-19,24-31,34-35H2/t42-,43-,46-,47-,50+,51+/m0/s1. The maximum atomic E-state index is 13.0. The average molecular weight is 775 g/mol. The average Bonchev–Trinajstić information content (AvgIpc) is 3.19. The van der Waals surface area contributed by atoms with Crippen LogP contribution in [0.2, 0.25) is 0 Å². The van der Waals surface area contributed by atoms with Gasteiger partial charge in [-0.15, -0.1) is 0 Å². The van der Waals surface area contributed by atoms with Crippen molar-refractivity contribution in [3.05, 3.63) is 58.7 Å². The molecule has 2 saturated heterocycles. The highest BCUT2D eigenvalue weighted by molar-refractivity contribution is 5.73. The van der Waals surface area contributed by atoms with Gasteiger partial charge < -0.3 is 9.47 Å². The maximum Gasteiger partial charge on any atom is 0.311 e. The molecule has 6 aliphatic carbocycles. The summed E-state index contributed by atoms with van der Waals surface area (Å²) in [5, 5.41) is 0. The van der Waals surface area contributed by atoms with Crippen molar-refractivity contribution in [1.82, 2.24) is 9.80 Å². The zero-order valence-corrected chi connectivity index (χ0v) is 35.0. The second-order valence-electron chi connectivity index (χ2n) is 20.5. The minimum absolute atomic E-state index is 0.112. The van der Waals surface area contributed by atoms with Crippen LogP contribution in [0.15, 0.2) is 36.4 Å². The Hall–Kier alpha value is -2.70. The molecule has 2 aromatic rings. The lowest BCUT2D eigenvalue weighted by Crippen LogP contribution is -2.61. The number of esters is 2. The summed E-state index contributed by atoms with van der Waals surface area (Å²) < 4.78 is 12.0. The molecule has 2 heterocycles. The fourth-order valence-electron chi connectivity index (χ4n) is 14.2. The van der Waals surface area contributed by atoms with Crippen molar-refractivity contribution in [3.63, 3.8) is 0 Å². The third-order valence-electron chi connectivity index (χ3n) is 17.5. The van der Waals surface area contributed by atoms with Crippen LogP contribution < -0.4 is 9.47 Å². The fraction of sp³-hybridized carbons (Fsp3) is 0.725. The lowest BCUT2D eigenvalue weighted by molar-refractivity contribution is -0.135. The molecule has 0 spiro atoms. The first-order chi connectivity index (χ1) is 28.0. The largest absolute Gasteiger partial charge is 0.427 e. The topological polar surface area (TPSA) is 59.1 Å². The Morgan fingerprint density at radius 1 is 0.544 bits per heavy atom. The third kappa shape index (κ3) is 7.44. The Balaban J connectivity index is 0.667. The first-order valence-electron chi connectivity index (χ1n) is 24.1. The molecule has 0 unspecified atom stereocenters. The molecule has 0 radical (unpaired) electrons. The molecule has 0 aromatic heterocycles. The molecule has 6 nitrogen and oxygen atoms in total. The summed E-state index contributed by atoms with van der Waals surface area (Å²) in [5.74, 6) is 4.63.